The lowest BCUT2D eigenvalue weighted by Crippen LogP contribution is -2.31. The van der Waals surface area contributed by atoms with Crippen molar-refractivity contribution in [2.24, 2.45) is 11.7 Å². The van der Waals surface area contributed by atoms with Crippen molar-refractivity contribution in [1.29, 1.82) is 0 Å². The molecule has 0 bridgehead atoms. The van der Waals surface area contributed by atoms with Gasteiger partial charge in [0.05, 0.1) is 10.6 Å². The molecular formula is C11H19N3OS. The Morgan fingerprint density at radius 2 is 2.12 bits per heavy atom. The molecule has 1 aromatic rings. The van der Waals surface area contributed by atoms with Gasteiger partial charge in [-0.1, -0.05) is 5.16 Å². The molecule has 0 saturated carbocycles. The smallest absolute Gasteiger partial charge is 0.148 e. The van der Waals surface area contributed by atoms with Gasteiger partial charge in [0.25, 0.3) is 0 Å². The van der Waals surface area contributed by atoms with E-state index >= 15 is 0 Å². The van der Waals surface area contributed by atoms with Crippen LogP contribution in [0.25, 0.3) is 0 Å². The van der Waals surface area contributed by atoms with Crippen molar-refractivity contribution in [3.63, 3.8) is 0 Å². The van der Waals surface area contributed by atoms with Crippen LogP contribution in [0.3, 0.4) is 0 Å². The van der Waals surface area contributed by atoms with Crippen molar-refractivity contribution >= 4 is 11.9 Å². The fourth-order valence-electron chi connectivity index (χ4n) is 1.97. The van der Waals surface area contributed by atoms with Crippen LogP contribution in [0.1, 0.15) is 24.3 Å². The molecule has 0 amide bonds. The van der Waals surface area contributed by atoms with Crippen LogP contribution in [-0.2, 0) is 0 Å². The maximum Gasteiger partial charge on any atom is 0.148 e. The van der Waals surface area contributed by atoms with E-state index in [0.29, 0.717) is 5.92 Å². The third-order valence-electron chi connectivity index (χ3n) is 3.10. The van der Waals surface area contributed by atoms with Gasteiger partial charge in [-0.3, -0.25) is 0 Å². The van der Waals surface area contributed by atoms with Gasteiger partial charge in [-0.2, -0.15) is 0 Å². The van der Waals surface area contributed by atoms with E-state index in [2.05, 4.69) is 9.46 Å². The Morgan fingerprint density at radius 3 is 2.62 bits per heavy atom. The second-order valence-electron chi connectivity index (χ2n) is 4.35. The van der Waals surface area contributed by atoms with Gasteiger partial charge in [-0.25, -0.2) is 4.31 Å². The van der Waals surface area contributed by atoms with Crippen LogP contribution in [0.5, 0.6) is 0 Å². The molecule has 0 aliphatic carbocycles. The second-order valence-corrected chi connectivity index (χ2v) is 5.46. The summed E-state index contributed by atoms with van der Waals surface area (Å²) in [5.74, 6) is 1.63. The summed E-state index contributed by atoms with van der Waals surface area (Å²) in [6.45, 7) is 7.00. The van der Waals surface area contributed by atoms with Crippen molar-refractivity contribution in [3.05, 3.63) is 11.5 Å². The van der Waals surface area contributed by atoms with Gasteiger partial charge >= 0.3 is 0 Å². The lowest BCUT2D eigenvalue weighted by atomic mass is 9.99. The molecule has 1 aliphatic rings. The number of hydrogen-bond acceptors (Lipinski definition) is 5. The fraction of sp³-hybridized carbons (Fsp3) is 0.727. The van der Waals surface area contributed by atoms with Crippen LogP contribution in [0, 0.1) is 19.8 Å². The maximum absolute atomic E-state index is 5.68. The van der Waals surface area contributed by atoms with Gasteiger partial charge in [0.2, 0.25) is 0 Å². The Balaban J connectivity index is 1.92. The van der Waals surface area contributed by atoms with Crippen LogP contribution >= 0.6 is 11.9 Å². The van der Waals surface area contributed by atoms with Gasteiger partial charge in [0.1, 0.15) is 5.76 Å². The summed E-state index contributed by atoms with van der Waals surface area (Å²) in [5.41, 5.74) is 6.67. The number of aromatic nitrogens is 1. The normalized spacial score (nSPS) is 19.2. The third kappa shape index (κ3) is 2.59. The van der Waals surface area contributed by atoms with Crippen molar-refractivity contribution < 1.29 is 4.52 Å². The summed E-state index contributed by atoms with van der Waals surface area (Å²) in [6.07, 6.45) is 2.40. The molecule has 1 aromatic heterocycles. The molecule has 0 spiro atoms. The van der Waals surface area contributed by atoms with E-state index in [9.17, 15) is 0 Å². The minimum atomic E-state index is 0.710. The Morgan fingerprint density at radius 1 is 1.44 bits per heavy atom. The van der Waals surface area contributed by atoms with Crippen LogP contribution in [-0.4, -0.2) is 29.1 Å². The third-order valence-corrected chi connectivity index (χ3v) is 4.48. The van der Waals surface area contributed by atoms with E-state index in [1.807, 2.05) is 13.8 Å². The van der Waals surface area contributed by atoms with Crippen LogP contribution < -0.4 is 5.73 Å². The standard InChI is InChI=1S/C11H19N3OS/c1-8-11(9(2)15-13-8)16-14-5-3-10(7-12)4-6-14/h10H,3-7,12H2,1-2H3. The molecule has 1 fully saturated rings. The highest BCUT2D eigenvalue weighted by Gasteiger charge is 2.21. The fourth-order valence-corrected chi connectivity index (χ4v) is 2.96. The van der Waals surface area contributed by atoms with Crippen molar-refractivity contribution in [3.8, 4) is 0 Å². The largest absolute Gasteiger partial charge is 0.360 e. The predicted molar refractivity (Wildman–Crippen MR) is 65.2 cm³/mol. The van der Waals surface area contributed by atoms with E-state index in [1.54, 1.807) is 11.9 Å². The minimum absolute atomic E-state index is 0.710. The molecule has 0 unspecified atom stereocenters. The molecule has 1 saturated heterocycles. The molecule has 2 N–H and O–H groups in total. The van der Waals surface area contributed by atoms with Gasteiger partial charge in [-0.15, -0.1) is 0 Å². The average molecular weight is 241 g/mol. The average Bonchev–Trinajstić information content (AvgIpc) is 2.62. The zero-order chi connectivity index (χ0) is 11.5. The molecule has 0 aromatic carbocycles. The summed E-state index contributed by atoms with van der Waals surface area (Å²) in [7, 11) is 0. The van der Waals surface area contributed by atoms with Gasteiger partial charge < -0.3 is 10.3 Å². The molecule has 1 aliphatic heterocycles. The first kappa shape index (κ1) is 12.0. The van der Waals surface area contributed by atoms with E-state index in [0.717, 1.165) is 31.1 Å². The molecule has 2 heterocycles. The molecule has 16 heavy (non-hydrogen) atoms. The lowest BCUT2D eigenvalue weighted by molar-refractivity contribution is 0.296. The van der Waals surface area contributed by atoms with Gasteiger partial charge in [0.15, 0.2) is 0 Å². The summed E-state index contributed by atoms with van der Waals surface area (Å²) in [4.78, 5) is 1.17. The Kier molecular flexibility index (Phi) is 3.89. The molecule has 2 rings (SSSR count). The summed E-state index contributed by atoms with van der Waals surface area (Å²) < 4.78 is 7.55. The van der Waals surface area contributed by atoms with Crippen LogP contribution in [0.15, 0.2) is 9.42 Å². The first-order valence-electron chi connectivity index (χ1n) is 5.76. The Hall–Kier alpha value is -0.520. The second kappa shape index (κ2) is 5.21. The molecule has 90 valence electrons. The number of piperidine rings is 1. The summed E-state index contributed by atoms with van der Waals surface area (Å²) >= 11 is 1.77. The lowest BCUT2D eigenvalue weighted by Gasteiger charge is -2.29. The van der Waals surface area contributed by atoms with E-state index in [1.165, 1.54) is 17.7 Å². The summed E-state index contributed by atoms with van der Waals surface area (Å²) in [6, 6.07) is 0. The van der Waals surface area contributed by atoms with E-state index < -0.39 is 0 Å². The maximum atomic E-state index is 5.68. The number of aryl methyl sites for hydroxylation is 2. The Labute approximate surface area is 101 Å². The number of rotatable bonds is 3. The quantitative estimate of drug-likeness (QED) is 0.820. The highest BCUT2D eigenvalue weighted by molar-refractivity contribution is 7.97. The van der Waals surface area contributed by atoms with Gasteiger partial charge in [0, 0.05) is 13.1 Å². The molecule has 4 nitrogen and oxygen atoms in total. The SMILES string of the molecule is Cc1noc(C)c1SN1CCC(CN)CC1. The van der Waals surface area contributed by atoms with Gasteiger partial charge in [-0.05, 0) is 51.1 Å². The molecule has 5 heteroatoms. The van der Waals surface area contributed by atoms with E-state index in [4.69, 9.17) is 10.3 Å². The van der Waals surface area contributed by atoms with E-state index in [-0.39, 0.29) is 0 Å². The van der Waals surface area contributed by atoms with Crippen molar-refractivity contribution in [2.75, 3.05) is 19.6 Å². The molecular weight excluding hydrogens is 222 g/mol. The molecule has 0 radical (unpaired) electrons. The molecule has 0 atom stereocenters. The van der Waals surface area contributed by atoms with Crippen LogP contribution in [0.2, 0.25) is 0 Å². The Bertz CT molecular complexity index is 325. The summed E-state index contributed by atoms with van der Waals surface area (Å²) in [5, 5.41) is 3.97. The van der Waals surface area contributed by atoms with Crippen molar-refractivity contribution in [2.45, 2.75) is 31.6 Å². The number of hydrogen-bond donors (Lipinski definition) is 1. The van der Waals surface area contributed by atoms with Crippen molar-refractivity contribution in [1.82, 2.24) is 9.46 Å². The zero-order valence-electron chi connectivity index (χ0n) is 9.90. The topological polar surface area (TPSA) is 55.3 Å². The monoisotopic (exact) mass is 241 g/mol. The minimum Gasteiger partial charge on any atom is -0.360 e. The number of nitrogens with zero attached hydrogens (tertiary/aromatic N) is 2. The number of nitrogens with two attached hydrogens (primary N) is 1. The predicted octanol–water partition coefficient (Wildman–Crippen LogP) is 1.97. The zero-order valence-corrected chi connectivity index (χ0v) is 10.7. The first-order valence-corrected chi connectivity index (χ1v) is 6.54. The first-order chi connectivity index (χ1) is 7.70. The highest BCUT2D eigenvalue weighted by Crippen LogP contribution is 2.31. The van der Waals surface area contributed by atoms with Crippen LogP contribution in [0.4, 0.5) is 0 Å². The highest BCUT2D eigenvalue weighted by atomic mass is 32.2.